The molecule has 0 saturated heterocycles. The number of amides is 1. The van der Waals surface area contributed by atoms with E-state index in [2.05, 4.69) is 15.3 Å². The van der Waals surface area contributed by atoms with Gasteiger partial charge in [-0.2, -0.15) is 0 Å². The van der Waals surface area contributed by atoms with Crippen molar-refractivity contribution < 1.29 is 18.9 Å². The summed E-state index contributed by atoms with van der Waals surface area (Å²) in [5.41, 5.74) is 1.65. The SMILES string of the molecule is CC(=O)Nc1nc2c(c(=O)[nH]1)n(Cc1ccccc1)c[n+]2CCCCOC(C)=O. The average Bonchev–Trinajstić information content (AvgIpc) is 2.99. The number of hydrogen-bond acceptors (Lipinski definition) is 5. The van der Waals surface area contributed by atoms with Gasteiger partial charge >= 0.3 is 11.6 Å². The van der Waals surface area contributed by atoms with Gasteiger partial charge in [-0.05, 0) is 18.4 Å². The Hall–Kier alpha value is -3.49. The Morgan fingerprint density at radius 3 is 2.66 bits per heavy atom. The summed E-state index contributed by atoms with van der Waals surface area (Å²) in [6.45, 7) is 4.20. The van der Waals surface area contributed by atoms with E-state index in [4.69, 9.17) is 4.74 Å². The zero-order chi connectivity index (χ0) is 20.8. The highest BCUT2D eigenvalue weighted by atomic mass is 16.5. The van der Waals surface area contributed by atoms with Gasteiger partial charge in [0, 0.05) is 13.8 Å². The predicted octanol–water partition coefficient (Wildman–Crippen LogP) is 1.36. The van der Waals surface area contributed by atoms with E-state index in [1.807, 2.05) is 45.8 Å². The summed E-state index contributed by atoms with van der Waals surface area (Å²) in [5, 5.41) is 2.53. The van der Waals surface area contributed by atoms with Crippen LogP contribution in [0.15, 0.2) is 41.5 Å². The predicted molar refractivity (Wildman–Crippen MR) is 106 cm³/mol. The third-order valence-corrected chi connectivity index (χ3v) is 4.30. The number of H-pyrrole nitrogens is 1. The molecular formula is C20H24N5O4+. The molecule has 0 spiro atoms. The number of fused-ring (bicyclic) bond motifs is 1. The van der Waals surface area contributed by atoms with E-state index in [-0.39, 0.29) is 23.4 Å². The van der Waals surface area contributed by atoms with Crippen LogP contribution in [0, 0.1) is 0 Å². The lowest BCUT2D eigenvalue weighted by atomic mass is 10.2. The van der Waals surface area contributed by atoms with Gasteiger partial charge in [0.1, 0.15) is 0 Å². The zero-order valence-electron chi connectivity index (χ0n) is 16.5. The lowest BCUT2D eigenvalue weighted by Crippen LogP contribution is -2.34. The minimum atomic E-state index is -0.326. The van der Waals surface area contributed by atoms with E-state index in [1.165, 1.54) is 13.8 Å². The minimum absolute atomic E-state index is 0.112. The molecule has 0 atom stereocenters. The van der Waals surface area contributed by atoms with Crippen molar-refractivity contribution in [1.82, 2.24) is 14.5 Å². The molecule has 3 aromatic rings. The second kappa shape index (κ2) is 9.13. The van der Waals surface area contributed by atoms with E-state index in [0.717, 1.165) is 12.0 Å². The highest BCUT2D eigenvalue weighted by Gasteiger charge is 2.22. The van der Waals surface area contributed by atoms with Gasteiger partial charge < -0.3 is 4.74 Å². The van der Waals surface area contributed by atoms with E-state index in [9.17, 15) is 14.4 Å². The number of benzene rings is 1. The van der Waals surface area contributed by atoms with E-state index >= 15 is 0 Å². The van der Waals surface area contributed by atoms with Gasteiger partial charge in [-0.15, -0.1) is 0 Å². The molecule has 1 amide bonds. The van der Waals surface area contributed by atoms with Crippen molar-refractivity contribution in [1.29, 1.82) is 0 Å². The number of carbonyl (C=O) groups is 2. The van der Waals surface area contributed by atoms with Crippen molar-refractivity contribution in [2.45, 2.75) is 39.8 Å². The van der Waals surface area contributed by atoms with Gasteiger partial charge in [0.15, 0.2) is 6.33 Å². The van der Waals surface area contributed by atoms with Crippen LogP contribution in [0.4, 0.5) is 5.95 Å². The van der Waals surface area contributed by atoms with Gasteiger partial charge in [-0.1, -0.05) is 35.3 Å². The van der Waals surface area contributed by atoms with Crippen LogP contribution in [-0.4, -0.2) is 33.0 Å². The molecule has 9 heteroatoms. The quantitative estimate of drug-likeness (QED) is 0.338. The molecule has 0 aliphatic rings. The third kappa shape index (κ3) is 5.28. The Balaban J connectivity index is 1.92. The summed E-state index contributed by atoms with van der Waals surface area (Å²) in [6.07, 6.45) is 3.29. The van der Waals surface area contributed by atoms with Gasteiger partial charge in [0.2, 0.25) is 11.4 Å². The number of aromatic amines is 1. The molecule has 1 aromatic carbocycles. The van der Waals surface area contributed by atoms with Crippen molar-refractivity contribution in [3.05, 3.63) is 52.6 Å². The first-order chi connectivity index (χ1) is 13.9. The number of aryl methyl sites for hydroxylation is 1. The summed E-state index contributed by atoms with van der Waals surface area (Å²) in [4.78, 5) is 42.0. The van der Waals surface area contributed by atoms with Gasteiger partial charge in [-0.3, -0.25) is 29.3 Å². The second-order valence-corrected chi connectivity index (χ2v) is 6.74. The average molecular weight is 398 g/mol. The molecule has 0 aliphatic carbocycles. The molecular weight excluding hydrogens is 374 g/mol. The fourth-order valence-electron chi connectivity index (χ4n) is 3.08. The smallest absolute Gasteiger partial charge is 0.311 e. The maximum absolute atomic E-state index is 12.7. The molecule has 29 heavy (non-hydrogen) atoms. The maximum Gasteiger partial charge on any atom is 0.311 e. The number of anilines is 1. The number of hydrogen-bond donors (Lipinski definition) is 2. The monoisotopic (exact) mass is 398 g/mol. The molecule has 0 saturated carbocycles. The summed E-state index contributed by atoms with van der Waals surface area (Å²) in [7, 11) is 0. The van der Waals surface area contributed by atoms with E-state index in [0.29, 0.717) is 37.3 Å². The Morgan fingerprint density at radius 2 is 1.97 bits per heavy atom. The summed E-state index contributed by atoms with van der Waals surface area (Å²) in [6, 6.07) is 9.81. The first kappa shape index (κ1) is 20.2. The maximum atomic E-state index is 12.7. The molecule has 2 heterocycles. The van der Waals surface area contributed by atoms with Crippen LogP contribution in [0.1, 0.15) is 32.3 Å². The number of aromatic nitrogens is 4. The van der Waals surface area contributed by atoms with Crippen LogP contribution >= 0.6 is 0 Å². The molecule has 2 aromatic heterocycles. The van der Waals surface area contributed by atoms with Crippen LogP contribution in [-0.2, 0) is 27.4 Å². The van der Waals surface area contributed by atoms with E-state index in [1.54, 1.807) is 0 Å². The fourth-order valence-corrected chi connectivity index (χ4v) is 3.08. The second-order valence-electron chi connectivity index (χ2n) is 6.74. The largest absolute Gasteiger partial charge is 0.466 e. The number of esters is 1. The van der Waals surface area contributed by atoms with Crippen LogP contribution in [0.25, 0.3) is 11.2 Å². The number of ether oxygens (including phenoxy) is 1. The Labute approximate surface area is 167 Å². The molecule has 152 valence electrons. The lowest BCUT2D eigenvalue weighted by Gasteiger charge is -2.01. The van der Waals surface area contributed by atoms with Crippen molar-refractivity contribution in [3.8, 4) is 0 Å². The third-order valence-electron chi connectivity index (χ3n) is 4.30. The van der Waals surface area contributed by atoms with Crippen molar-refractivity contribution in [2.24, 2.45) is 0 Å². The van der Waals surface area contributed by atoms with Crippen molar-refractivity contribution in [2.75, 3.05) is 11.9 Å². The summed E-state index contributed by atoms with van der Waals surface area (Å²) >= 11 is 0. The summed E-state index contributed by atoms with van der Waals surface area (Å²) < 4.78 is 8.69. The number of carbonyl (C=O) groups excluding carboxylic acids is 2. The Morgan fingerprint density at radius 1 is 1.21 bits per heavy atom. The topological polar surface area (TPSA) is 110 Å². The number of nitrogens with zero attached hydrogens (tertiary/aromatic N) is 3. The van der Waals surface area contributed by atoms with E-state index < -0.39 is 0 Å². The molecule has 3 rings (SSSR count). The molecule has 0 aliphatic heterocycles. The first-order valence-corrected chi connectivity index (χ1v) is 9.41. The van der Waals surface area contributed by atoms with Gasteiger partial charge in [-0.25, -0.2) is 4.57 Å². The number of imidazole rings is 1. The standard InChI is InChI=1S/C20H23N5O4/c1-14(26)21-20-22-18-17(19(28)23-20)25(12-16-8-4-3-5-9-16)13-24(18)10-6-7-11-29-15(2)27/h3-5,8-9,13H,6-7,10-12H2,1-2H3,(H-,21,22,23,26,28)/p+1. The van der Waals surface area contributed by atoms with Crippen molar-refractivity contribution >= 4 is 29.0 Å². The summed E-state index contributed by atoms with van der Waals surface area (Å²) in [5.74, 6) is -0.504. The Bertz CT molecular complexity index is 1070. The Kier molecular flexibility index (Phi) is 6.38. The number of nitrogens with one attached hydrogen (secondary N) is 2. The molecule has 0 unspecified atom stereocenters. The number of unbranched alkanes of at least 4 members (excludes halogenated alkanes) is 1. The fraction of sp³-hybridized carbons (Fsp3) is 0.350. The van der Waals surface area contributed by atoms with Crippen LogP contribution in [0.2, 0.25) is 0 Å². The van der Waals surface area contributed by atoms with Gasteiger partial charge in [0.05, 0.1) is 19.7 Å². The molecule has 9 nitrogen and oxygen atoms in total. The van der Waals surface area contributed by atoms with Crippen LogP contribution in [0.3, 0.4) is 0 Å². The lowest BCUT2D eigenvalue weighted by molar-refractivity contribution is -0.674. The molecule has 0 radical (unpaired) electrons. The van der Waals surface area contributed by atoms with Crippen LogP contribution in [0.5, 0.6) is 0 Å². The van der Waals surface area contributed by atoms with Crippen LogP contribution < -0.4 is 15.4 Å². The molecule has 2 N–H and O–H groups in total. The van der Waals surface area contributed by atoms with Gasteiger partial charge in [0.25, 0.3) is 11.5 Å². The highest BCUT2D eigenvalue weighted by Crippen LogP contribution is 2.10. The minimum Gasteiger partial charge on any atom is -0.466 e. The number of rotatable bonds is 8. The van der Waals surface area contributed by atoms with Crippen molar-refractivity contribution in [3.63, 3.8) is 0 Å². The molecule has 0 bridgehead atoms. The highest BCUT2D eigenvalue weighted by molar-refractivity contribution is 5.87. The first-order valence-electron chi connectivity index (χ1n) is 9.41. The zero-order valence-corrected chi connectivity index (χ0v) is 16.5. The normalized spacial score (nSPS) is 10.8. The molecule has 0 fully saturated rings.